The molecule has 0 spiro atoms. The van der Waals surface area contributed by atoms with Crippen LogP contribution in [0.3, 0.4) is 0 Å². The van der Waals surface area contributed by atoms with Crippen molar-refractivity contribution < 1.29 is 37.0 Å². The highest BCUT2D eigenvalue weighted by molar-refractivity contribution is 6.39. The second kappa shape index (κ2) is 10.1. The number of carbonyl (C=O) groups is 3. The number of ether oxygens (including phenoxy) is 2. The number of alkyl halides is 3. The van der Waals surface area contributed by atoms with E-state index in [-0.39, 0.29) is 23.8 Å². The summed E-state index contributed by atoms with van der Waals surface area (Å²) >= 11 is 0. The summed E-state index contributed by atoms with van der Waals surface area (Å²) in [4.78, 5) is 34.4. The number of hydrogen-bond donors (Lipinski definition) is 3. The fourth-order valence-corrected chi connectivity index (χ4v) is 2.18. The largest absolute Gasteiger partial charge is 0.493 e. The first-order valence-electron chi connectivity index (χ1n) is 8.51. The van der Waals surface area contributed by atoms with Crippen LogP contribution in [0.5, 0.6) is 11.5 Å². The lowest BCUT2D eigenvalue weighted by Crippen LogP contribution is -2.32. The molecule has 2 rings (SSSR count). The van der Waals surface area contributed by atoms with Crippen LogP contribution in [0.2, 0.25) is 0 Å². The van der Waals surface area contributed by atoms with E-state index in [9.17, 15) is 27.6 Å². The molecule has 0 unspecified atom stereocenters. The molecule has 0 bridgehead atoms. The number of halogens is 3. The number of anilines is 1. The van der Waals surface area contributed by atoms with Crippen molar-refractivity contribution in [1.82, 2.24) is 5.43 Å². The van der Waals surface area contributed by atoms with Crippen LogP contribution < -0.4 is 25.9 Å². The number of carbonyl (C=O) groups excluding carboxylic acids is 3. The Labute approximate surface area is 174 Å². The number of amides is 3. The van der Waals surface area contributed by atoms with Crippen LogP contribution in [0.4, 0.5) is 18.9 Å². The molecular formula is C19H17F3N4O5. The van der Waals surface area contributed by atoms with E-state index in [4.69, 9.17) is 15.2 Å². The summed E-state index contributed by atoms with van der Waals surface area (Å²) in [6.07, 6.45) is -3.30. The highest BCUT2D eigenvalue weighted by atomic mass is 19.4. The molecule has 0 aromatic heterocycles. The number of rotatable bonds is 7. The highest BCUT2D eigenvalue weighted by Gasteiger charge is 2.30. The van der Waals surface area contributed by atoms with Crippen molar-refractivity contribution in [2.75, 3.05) is 19.0 Å². The third kappa shape index (κ3) is 7.03. The summed E-state index contributed by atoms with van der Waals surface area (Å²) in [5.41, 5.74) is 6.58. The van der Waals surface area contributed by atoms with Crippen molar-refractivity contribution in [3.05, 3.63) is 53.6 Å². The number of primary amides is 1. The third-order valence-electron chi connectivity index (χ3n) is 3.61. The van der Waals surface area contributed by atoms with Gasteiger partial charge in [0, 0.05) is 5.69 Å². The van der Waals surface area contributed by atoms with Crippen molar-refractivity contribution in [1.29, 1.82) is 0 Å². The molecule has 164 valence electrons. The predicted octanol–water partition coefficient (Wildman–Crippen LogP) is 1.67. The Kier molecular flexibility index (Phi) is 7.55. The molecule has 0 saturated carbocycles. The maximum atomic E-state index is 12.5. The van der Waals surface area contributed by atoms with E-state index in [0.29, 0.717) is 5.56 Å². The fourth-order valence-electron chi connectivity index (χ4n) is 2.18. The molecule has 0 aliphatic rings. The first-order chi connectivity index (χ1) is 14.6. The Morgan fingerprint density at radius 2 is 1.74 bits per heavy atom. The van der Waals surface area contributed by atoms with Crippen LogP contribution in [0, 0.1) is 0 Å². The van der Waals surface area contributed by atoms with E-state index < -0.39 is 29.5 Å². The van der Waals surface area contributed by atoms with Gasteiger partial charge in [0.25, 0.3) is 5.91 Å². The van der Waals surface area contributed by atoms with Crippen LogP contribution in [-0.4, -0.2) is 37.7 Å². The van der Waals surface area contributed by atoms with Gasteiger partial charge in [-0.25, -0.2) is 5.43 Å². The van der Waals surface area contributed by atoms with Crippen molar-refractivity contribution >= 4 is 29.6 Å². The first-order valence-corrected chi connectivity index (χ1v) is 8.51. The number of benzene rings is 2. The molecule has 0 radical (unpaired) electrons. The number of methoxy groups -OCH3 is 1. The second-order valence-corrected chi connectivity index (χ2v) is 5.89. The topological polar surface area (TPSA) is 132 Å². The van der Waals surface area contributed by atoms with Gasteiger partial charge in [-0.3, -0.25) is 14.4 Å². The zero-order valence-electron chi connectivity index (χ0n) is 16.0. The fraction of sp³-hybridized carbons (Fsp3) is 0.158. The molecule has 2 aromatic carbocycles. The summed E-state index contributed by atoms with van der Waals surface area (Å²) in [5.74, 6) is -2.38. The molecule has 4 N–H and O–H groups in total. The molecule has 0 aliphatic carbocycles. The standard InChI is InChI=1S/C19H17F3N4O5/c1-30-15-8-11(2-7-14(15)31-10-16(23)27)9-24-26-18(29)17(28)25-13-5-3-12(4-6-13)19(20,21)22/h2-9H,10H2,1H3,(H2,23,27)(H,25,28)(H,26,29). The Morgan fingerprint density at radius 3 is 2.32 bits per heavy atom. The zero-order valence-corrected chi connectivity index (χ0v) is 16.0. The maximum Gasteiger partial charge on any atom is 0.416 e. The second-order valence-electron chi connectivity index (χ2n) is 5.89. The third-order valence-corrected chi connectivity index (χ3v) is 3.61. The molecule has 0 heterocycles. The van der Waals surface area contributed by atoms with E-state index >= 15 is 0 Å². The summed E-state index contributed by atoms with van der Waals surface area (Å²) in [7, 11) is 1.38. The quantitative estimate of drug-likeness (QED) is 0.344. The summed E-state index contributed by atoms with van der Waals surface area (Å²) in [6.45, 7) is -0.339. The molecule has 0 fully saturated rings. The number of hydrazone groups is 1. The number of nitrogens with one attached hydrogen (secondary N) is 2. The average molecular weight is 438 g/mol. The van der Waals surface area contributed by atoms with Crippen LogP contribution >= 0.6 is 0 Å². The van der Waals surface area contributed by atoms with Gasteiger partial charge >= 0.3 is 18.0 Å². The Hall–Kier alpha value is -4.09. The molecular weight excluding hydrogens is 421 g/mol. The average Bonchev–Trinajstić information content (AvgIpc) is 2.72. The minimum Gasteiger partial charge on any atom is -0.493 e. The Morgan fingerprint density at radius 1 is 1.06 bits per heavy atom. The van der Waals surface area contributed by atoms with Crippen molar-refractivity contribution in [3.63, 3.8) is 0 Å². The minimum atomic E-state index is -4.51. The highest BCUT2D eigenvalue weighted by Crippen LogP contribution is 2.30. The monoisotopic (exact) mass is 438 g/mol. The molecule has 0 saturated heterocycles. The molecule has 3 amide bonds. The Bertz CT molecular complexity index is 991. The van der Waals surface area contributed by atoms with Crippen molar-refractivity contribution in [2.24, 2.45) is 10.8 Å². The van der Waals surface area contributed by atoms with Crippen molar-refractivity contribution in [3.8, 4) is 11.5 Å². The molecule has 31 heavy (non-hydrogen) atoms. The zero-order chi connectivity index (χ0) is 23.0. The van der Waals surface area contributed by atoms with Gasteiger partial charge in [-0.05, 0) is 48.0 Å². The van der Waals surface area contributed by atoms with Crippen LogP contribution in [-0.2, 0) is 20.6 Å². The smallest absolute Gasteiger partial charge is 0.416 e. The predicted molar refractivity (Wildman–Crippen MR) is 103 cm³/mol. The number of hydrogen-bond acceptors (Lipinski definition) is 6. The van der Waals surface area contributed by atoms with Gasteiger partial charge in [-0.2, -0.15) is 18.3 Å². The first kappa shape index (κ1) is 23.2. The number of nitrogens with two attached hydrogens (primary N) is 1. The molecule has 0 atom stereocenters. The maximum absolute atomic E-state index is 12.5. The van der Waals surface area contributed by atoms with E-state index in [1.54, 1.807) is 0 Å². The van der Waals surface area contributed by atoms with Gasteiger partial charge in [0.15, 0.2) is 18.1 Å². The molecule has 9 nitrogen and oxygen atoms in total. The van der Waals surface area contributed by atoms with Crippen LogP contribution in [0.1, 0.15) is 11.1 Å². The van der Waals surface area contributed by atoms with Gasteiger partial charge < -0.3 is 20.5 Å². The van der Waals surface area contributed by atoms with Gasteiger partial charge in [0.1, 0.15) is 0 Å². The molecule has 12 heteroatoms. The van der Waals surface area contributed by atoms with Crippen molar-refractivity contribution in [2.45, 2.75) is 6.18 Å². The number of nitrogens with zero attached hydrogens (tertiary/aromatic N) is 1. The van der Waals surface area contributed by atoms with Gasteiger partial charge in [-0.15, -0.1) is 0 Å². The summed E-state index contributed by atoms with van der Waals surface area (Å²) < 4.78 is 47.9. The van der Waals surface area contributed by atoms with Gasteiger partial charge in [-0.1, -0.05) is 0 Å². The lowest BCUT2D eigenvalue weighted by atomic mass is 10.2. The summed E-state index contributed by atoms with van der Waals surface area (Å²) in [6, 6.07) is 8.11. The van der Waals surface area contributed by atoms with E-state index in [2.05, 4.69) is 10.4 Å². The summed E-state index contributed by atoms with van der Waals surface area (Å²) in [5, 5.41) is 5.78. The van der Waals surface area contributed by atoms with Crippen LogP contribution in [0.15, 0.2) is 47.6 Å². The lowest BCUT2D eigenvalue weighted by Gasteiger charge is -2.09. The molecule has 2 aromatic rings. The van der Waals surface area contributed by atoms with Gasteiger partial charge in [0.05, 0.1) is 18.9 Å². The Balaban J connectivity index is 1.93. The SMILES string of the molecule is COc1cc(C=NNC(=O)C(=O)Nc2ccc(C(F)(F)F)cc2)ccc1OCC(N)=O. The normalized spacial score (nSPS) is 11.1. The van der Waals surface area contributed by atoms with E-state index in [1.807, 2.05) is 5.43 Å². The van der Waals surface area contributed by atoms with E-state index in [1.165, 1.54) is 31.5 Å². The van der Waals surface area contributed by atoms with E-state index in [0.717, 1.165) is 24.3 Å². The lowest BCUT2D eigenvalue weighted by molar-refractivity contribution is -0.137. The van der Waals surface area contributed by atoms with Gasteiger partial charge in [0.2, 0.25) is 0 Å². The van der Waals surface area contributed by atoms with Crippen LogP contribution in [0.25, 0.3) is 0 Å². The minimum absolute atomic E-state index is 0.00779. The molecule has 0 aliphatic heterocycles.